The summed E-state index contributed by atoms with van der Waals surface area (Å²) in [6, 6.07) is 0. The van der Waals surface area contributed by atoms with E-state index < -0.39 is 26.2 Å². The number of nitrogens with two attached hydrogens (primary N) is 1. The number of likely N-dealkylation sites (N-methyl/N-ethyl adjacent to an activating group) is 1. The molecule has 125 valence electrons. The molecule has 0 aromatic carbocycles. The van der Waals surface area contributed by atoms with Gasteiger partial charge in [-0.15, -0.1) is 4.76 Å². The van der Waals surface area contributed by atoms with E-state index in [1.54, 1.807) is 0 Å². The van der Waals surface area contributed by atoms with Gasteiger partial charge >= 0.3 is 13.7 Å². The Morgan fingerprint density at radius 1 is 1.15 bits per heavy atom. The maximum atomic E-state index is 10.3. The Kier molecular flexibility index (Phi) is 52.8. The van der Waals surface area contributed by atoms with Crippen LogP contribution in [0.15, 0.2) is 4.76 Å². The number of hydrogen-bond acceptors (Lipinski definition) is 2. The van der Waals surface area contributed by atoms with Crippen molar-refractivity contribution in [1.29, 1.82) is 0 Å². The van der Waals surface area contributed by atoms with Gasteiger partial charge in [-0.25, -0.2) is 4.57 Å². The number of carbonyl (C=O) groups is 1. The number of nitrogens with zero attached hydrogens (tertiary/aromatic N) is 2. The van der Waals surface area contributed by atoms with Crippen LogP contribution in [-0.2, 0) is 9.36 Å². The molecule has 0 heterocycles. The van der Waals surface area contributed by atoms with E-state index in [9.17, 15) is 9.36 Å². The Hall–Kier alpha value is -0.350. The van der Waals surface area contributed by atoms with Crippen molar-refractivity contribution in [2.75, 3.05) is 13.6 Å². The van der Waals surface area contributed by atoms with Crippen molar-refractivity contribution < 1.29 is 57.1 Å². The van der Waals surface area contributed by atoms with Crippen LogP contribution in [0, 0.1) is 0 Å². The minimum Gasteiger partial charge on any atom is -0.480 e. The molecule has 17 N–H and O–H groups in total. The van der Waals surface area contributed by atoms with E-state index in [0.717, 1.165) is 4.90 Å². The third kappa shape index (κ3) is 30.6. The van der Waals surface area contributed by atoms with Gasteiger partial charge in [-0.05, 0) is 0 Å². The van der Waals surface area contributed by atoms with Crippen molar-refractivity contribution in [3.05, 3.63) is 0 Å². The first-order valence-corrected chi connectivity index (χ1v) is 4.63. The molecule has 0 atom stereocenters. The molecule has 14 nitrogen and oxygen atoms in total. The fraction of sp³-hybridized carbons (Fsp3) is 0.500. The largest absolute Gasteiger partial charge is 0.480 e. The molecular formula is C4H22N3NaO11P. The van der Waals surface area contributed by atoms with Gasteiger partial charge in [0.05, 0.1) is 0 Å². The fourth-order valence-electron chi connectivity index (χ4n) is 0.494. The van der Waals surface area contributed by atoms with Gasteiger partial charge in [0.25, 0.3) is 0 Å². The quantitative estimate of drug-likeness (QED) is 0.166. The first-order valence-electron chi connectivity index (χ1n) is 3.06. The van der Waals surface area contributed by atoms with Crippen molar-refractivity contribution in [3.63, 3.8) is 0 Å². The summed E-state index contributed by atoms with van der Waals surface area (Å²) in [5, 5.41) is 8.28. The average Bonchev–Trinajstić information content (AvgIpc) is 1.81. The van der Waals surface area contributed by atoms with Crippen molar-refractivity contribution >= 4 is 49.2 Å². The Bertz CT molecular complexity index is 283. The number of carboxylic acid groups (broad SMARTS) is 1. The normalized spacial score (nSPS) is 8.25. The molecule has 0 rings (SSSR count). The Labute approximate surface area is 135 Å². The van der Waals surface area contributed by atoms with E-state index in [2.05, 4.69) is 4.76 Å². The second-order valence-corrected chi connectivity index (χ2v) is 3.45. The Morgan fingerprint density at radius 3 is 1.65 bits per heavy atom. The van der Waals surface area contributed by atoms with Gasteiger partial charge in [-0.1, -0.05) is 0 Å². The average molecular weight is 342 g/mol. The number of hydrogen-bond donors (Lipinski definition) is 4. The van der Waals surface area contributed by atoms with Crippen LogP contribution in [0.5, 0.6) is 0 Å². The van der Waals surface area contributed by atoms with Crippen LogP contribution in [0.3, 0.4) is 0 Å². The van der Waals surface area contributed by atoms with Crippen molar-refractivity contribution in [2.45, 2.75) is 0 Å². The minimum atomic E-state index is -4.59. The zero-order chi connectivity index (χ0) is 10.6. The maximum Gasteiger partial charge on any atom is 0.451 e. The molecule has 0 fully saturated rings. The molecule has 0 saturated heterocycles. The standard InChI is InChI=1S/C4H10N3O5P.Na.6H2O/c1-7(2-3(8)9)4(5)6-13(10,11)12;;;;;;;/h2H2,1H3,(H,8,9)(H4,5,6,10,11,12);;6*1H2. The molecule has 16 heteroatoms. The van der Waals surface area contributed by atoms with Gasteiger partial charge in [0.1, 0.15) is 6.54 Å². The van der Waals surface area contributed by atoms with Gasteiger partial charge < -0.3 is 58.4 Å². The first-order chi connectivity index (χ1) is 5.72. The van der Waals surface area contributed by atoms with Crippen molar-refractivity contribution in [2.24, 2.45) is 10.5 Å². The van der Waals surface area contributed by atoms with E-state index >= 15 is 0 Å². The molecule has 0 aliphatic rings. The first kappa shape index (κ1) is 50.4. The van der Waals surface area contributed by atoms with Crippen LogP contribution in [0.25, 0.3) is 0 Å². The monoisotopic (exact) mass is 342 g/mol. The SMILES string of the molecule is CN(CC(=O)O)/C(N)=N/P(=O)(O)O.O.O.O.O.O.O.[Na]. The Morgan fingerprint density at radius 2 is 1.45 bits per heavy atom. The second-order valence-electron chi connectivity index (χ2n) is 2.22. The van der Waals surface area contributed by atoms with Gasteiger partial charge in [0, 0.05) is 36.6 Å². The molecular weight excluding hydrogens is 320 g/mol. The molecule has 1 radical (unpaired) electrons. The van der Waals surface area contributed by atoms with E-state index in [4.69, 9.17) is 20.6 Å². The van der Waals surface area contributed by atoms with Crippen LogP contribution in [0.4, 0.5) is 0 Å². The van der Waals surface area contributed by atoms with Gasteiger partial charge in [0.15, 0.2) is 0 Å². The van der Waals surface area contributed by atoms with Crippen LogP contribution in [0.1, 0.15) is 0 Å². The fourth-order valence-corrected chi connectivity index (χ4v) is 0.913. The molecule has 0 amide bonds. The summed E-state index contributed by atoms with van der Waals surface area (Å²) in [5.74, 6) is -1.69. The smallest absolute Gasteiger partial charge is 0.451 e. The molecule has 0 aromatic rings. The van der Waals surface area contributed by atoms with Crippen LogP contribution < -0.4 is 5.73 Å². The summed E-state index contributed by atoms with van der Waals surface area (Å²) in [6.07, 6.45) is 0. The zero-order valence-electron chi connectivity index (χ0n) is 10.8. The topological polar surface area (TPSA) is 325 Å². The minimum absolute atomic E-state index is 0. The molecule has 0 aliphatic carbocycles. The molecule has 0 saturated carbocycles. The van der Waals surface area contributed by atoms with Crippen LogP contribution >= 0.6 is 7.75 Å². The number of guanidine groups is 1. The summed E-state index contributed by atoms with van der Waals surface area (Å²) in [7, 11) is -3.34. The van der Waals surface area contributed by atoms with E-state index in [1.165, 1.54) is 7.05 Å². The van der Waals surface area contributed by atoms with E-state index in [0.29, 0.717) is 0 Å². The zero-order valence-corrected chi connectivity index (χ0v) is 13.7. The Balaban J connectivity index is -0.0000000343. The second kappa shape index (κ2) is 21.0. The molecule has 0 bridgehead atoms. The van der Waals surface area contributed by atoms with Crippen molar-refractivity contribution in [3.8, 4) is 0 Å². The summed E-state index contributed by atoms with van der Waals surface area (Å²) in [4.78, 5) is 27.7. The molecule has 0 aromatic heterocycles. The number of aliphatic carboxylic acids is 1. The van der Waals surface area contributed by atoms with Gasteiger partial charge in [0.2, 0.25) is 5.96 Å². The van der Waals surface area contributed by atoms with Crippen LogP contribution in [0.2, 0.25) is 0 Å². The third-order valence-electron chi connectivity index (χ3n) is 0.996. The molecule has 0 unspecified atom stereocenters. The van der Waals surface area contributed by atoms with Gasteiger partial charge in [-0.3, -0.25) is 4.79 Å². The molecule has 0 aliphatic heterocycles. The molecule has 20 heavy (non-hydrogen) atoms. The summed E-state index contributed by atoms with van der Waals surface area (Å²) < 4.78 is 13.1. The van der Waals surface area contributed by atoms with E-state index in [-0.39, 0.29) is 62.4 Å². The maximum absolute atomic E-state index is 10.3. The third-order valence-corrected chi connectivity index (χ3v) is 1.46. The van der Waals surface area contributed by atoms with Crippen molar-refractivity contribution in [1.82, 2.24) is 4.90 Å². The summed E-state index contributed by atoms with van der Waals surface area (Å²) >= 11 is 0. The number of rotatable bonds is 3. The van der Waals surface area contributed by atoms with Crippen LogP contribution in [-0.4, -0.2) is 108 Å². The number of carboxylic acids is 1. The van der Waals surface area contributed by atoms with Gasteiger partial charge in [-0.2, -0.15) is 0 Å². The summed E-state index contributed by atoms with van der Waals surface area (Å²) in [5.41, 5.74) is 5.07. The predicted molar refractivity (Wildman–Crippen MR) is 71.4 cm³/mol. The predicted octanol–water partition coefficient (Wildman–Crippen LogP) is -6.92. The summed E-state index contributed by atoms with van der Waals surface area (Å²) in [6.45, 7) is -0.477. The molecule has 0 spiro atoms. The van der Waals surface area contributed by atoms with E-state index in [1.807, 2.05) is 0 Å².